The van der Waals surface area contributed by atoms with Crippen LogP contribution in [0.3, 0.4) is 0 Å². The lowest BCUT2D eigenvalue weighted by molar-refractivity contribution is -0.141. The molecule has 0 amide bonds. The van der Waals surface area contributed by atoms with E-state index in [1.54, 1.807) is 0 Å². The molecule has 0 N–H and O–H groups in total. The Bertz CT molecular complexity index is 376. The molecule has 0 radical (unpaired) electrons. The van der Waals surface area contributed by atoms with Crippen LogP contribution in [0, 0.1) is 0 Å². The van der Waals surface area contributed by atoms with Crippen molar-refractivity contribution in [3.8, 4) is 0 Å². The largest absolute Gasteiger partial charge is 0.469 e. The number of hydrogen-bond donors (Lipinski definition) is 0. The van der Waals surface area contributed by atoms with Crippen molar-refractivity contribution in [3.63, 3.8) is 0 Å². The van der Waals surface area contributed by atoms with Gasteiger partial charge in [-0.15, -0.1) is 0 Å². The first-order valence-corrected chi connectivity index (χ1v) is 8.55. The van der Waals surface area contributed by atoms with Crippen LogP contribution >= 0.6 is 0 Å². The number of hydrogen-bond acceptors (Lipinski definition) is 6. The molecule has 19 heavy (non-hydrogen) atoms. The van der Waals surface area contributed by atoms with E-state index < -0.39 is 9.84 Å². The third kappa shape index (κ3) is 7.49. The number of carbonyl (C=O) groups is 1. The number of rotatable bonds is 8. The third-order valence-corrected chi connectivity index (χ3v) is 4.05. The van der Waals surface area contributed by atoms with Crippen LogP contribution in [0.4, 0.5) is 0 Å². The Hall–Kier alpha value is -0.660. The van der Waals surface area contributed by atoms with Gasteiger partial charge in [-0.25, -0.2) is 8.42 Å². The van der Waals surface area contributed by atoms with Gasteiger partial charge in [0.25, 0.3) is 0 Å². The number of nitrogens with zero attached hydrogens (tertiary/aromatic N) is 1. The molecule has 0 saturated carbocycles. The Labute approximate surface area is 115 Å². The van der Waals surface area contributed by atoms with Crippen molar-refractivity contribution < 1.29 is 22.7 Å². The van der Waals surface area contributed by atoms with E-state index in [2.05, 4.69) is 4.74 Å². The first-order valence-electron chi connectivity index (χ1n) is 6.49. The second kappa shape index (κ2) is 7.81. The highest BCUT2D eigenvalue weighted by Gasteiger charge is 2.20. The van der Waals surface area contributed by atoms with Gasteiger partial charge in [0, 0.05) is 32.5 Å². The van der Waals surface area contributed by atoms with Crippen molar-refractivity contribution in [3.05, 3.63) is 0 Å². The third-order valence-electron chi connectivity index (χ3n) is 3.12. The topological polar surface area (TPSA) is 72.9 Å². The Balaban J connectivity index is 2.43. The summed E-state index contributed by atoms with van der Waals surface area (Å²) >= 11 is 0. The van der Waals surface area contributed by atoms with Crippen LogP contribution in [-0.2, 0) is 24.1 Å². The minimum Gasteiger partial charge on any atom is -0.469 e. The molecule has 6 nitrogen and oxygen atoms in total. The molecular weight excluding hydrogens is 270 g/mol. The van der Waals surface area contributed by atoms with Gasteiger partial charge in [-0.3, -0.25) is 9.69 Å². The molecule has 0 aliphatic carbocycles. The van der Waals surface area contributed by atoms with Crippen LogP contribution in [0.5, 0.6) is 0 Å². The van der Waals surface area contributed by atoms with Gasteiger partial charge in [0.1, 0.15) is 9.84 Å². The van der Waals surface area contributed by atoms with Gasteiger partial charge in [0.15, 0.2) is 0 Å². The van der Waals surface area contributed by atoms with Crippen molar-refractivity contribution in [1.29, 1.82) is 0 Å². The predicted molar refractivity (Wildman–Crippen MR) is 71.8 cm³/mol. The lowest BCUT2D eigenvalue weighted by Gasteiger charge is -2.24. The van der Waals surface area contributed by atoms with Crippen LogP contribution in [0.25, 0.3) is 0 Å². The number of methoxy groups -OCH3 is 1. The average molecular weight is 293 g/mol. The Morgan fingerprint density at radius 2 is 2.16 bits per heavy atom. The second-order valence-electron chi connectivity index (χ2n) is 4.89. The van der Waals surface area contributed by atoms with Crippen molar-refractivity contribution >= 4 is 15.8 Å². The fourth-order valence-corrected chi connectivity index (χ4v) is 2.61. The van der Waals surface area contributed by atoms with E-state index in [4.69, 9.17) is 4.74 Å². The molecule has 0 spiro atoms. The van der Waals surface area contributed by atoms with E-state index in [1.165, 1.54) is 13.4 Å². The van der Waals surface area contributed by atoms with Gasteiger partial charge in [-0.2, -0.15) is 0 Å². The predicted octanol–water partition coefficient (Wildman–Crippen LogP) is 0.0751. The SMILES string of the molecule is COC(=O)CCN(CCS(C)(=O)=O)CC1CCCO1. The average Bonchev–Trinajstić information content (AvgIpc) is 2.83. The van der Waals surface area contributed by atoms with Crippen LogP contribution < -0.4 is 0 Å². The van der Waals surface area contributed by atoms with Gasteiger partial charge in [-0.05, 0) is 12.8 Å². The van der Waals surface area contributed by atoms with Gasteiger partial charge in [0.05, 0.1) is 25.4 Å². The molecule has 1 atom stereocenters. The summed E-state index contributed by atoms with van der Waals surface area (Å²) in [7, 11) is -1.65. The lowest BCUT2D eigenvalue weighted by atomic mass is 10.2. The van der Waals surface area contributed by atoms with Crippen molar-refractivity contribution in [1.82, 2.24) is 4.90 Å². The van der Waals surface area contributed by atoms with Gasteiger partial charge >= 0.3 is 5.97 Å². The first kappa shape index (κ1) is 16.4. The maximum atomic E-state index is 11.2. The molecule has 1 aliphatic rings. The Morgan fingerprint density at radius 3 is 2.68 bits per heavy atom. The van der Waals surface area contributed by atoms with E-state index in [-0.39, 0.29) is 24.2 Å². The molecule has 0 aromatic heterocycles. The second-order valence-corrected chi connectivity index (χ2v) is 7.15. The summed E-state index contributed by atoms with van der Waals surface area (Å²) in [5.41, 5.74) is 0. The number of sulfone groups is 1. The minimum atomic E-state index is -3.00. The minimum absolute atomic E-state index is 0.0981. The molecule has 112 valence electrons. The summed E-state index contributed by atoms with van der Waals surface area (Å²) < 4.78 is 32.6. The van der Waals surface area contributed by atoms with E-state index in [9.17, 15) is 13.2 Å². The number of ether oxygens (including phenoxy) is 2. The maximum absolute atomic E-state index is 11.2. The van der Waals surface area contributed by atoms with Crippen molar-refractivity contribution in [2.75, 3.05) is 45.4 Å². The Morgan fingerprint density at radius 1 is 1.42 bits per heavy atom. The summed E-state index contributed by atoms with van der Waals surface area (Å²) in [6.45, 7) is 2.37. The number of carbonyl (C=O) groups excluding carboxylic acids is 1. The van der Waals surface area contributed by atoms with Crippen LogP contribution in [0.15, 0.2) is 0 Å². The smallest absolute Gasteiger partial charge is 0.306 e. The normalized spacial score (nSPS) is 19.8. The molecule has 1 rings (SSSR count). The number of esters is 1. The maximum Gasteiger partial charge on any atom is 0.306 e. The van der Waals surface area contributed by atoms with Crippen LogP contribution in [0.2, 0.25) is 0 Å². The fraction of sp³-hybridized carbons (Fsp3) is 0.917. The van der Waals surface area contributed by atoms with Crippen molar-refractivity contribution in [2.24, 2.45) is 0 Å². The zero-order valence-corrected chi connectivity index (χ0v) is 12.4. The lowest BCUT2D eigenvalue weighted by Crippen LogP contribution is -2.37. The van der Waals surface area contributed by atoms with Crippen LogP contribution in [0.1, 0.15) is 19.3 Å². The van der Waals surface area contributed by atoms with E-state index in [0.29, 0.717) is 19.6 Å². The van der Waals surface area contributed by atoms with Crippen LogP contribution in [-0.4, -0.2) is 70.8 Å². The summed E-state index contributed by atoms with van der Waals surface area (Å²) in [6.07, 6.45) is 3.68. The molecule has 1 saturated heterocycles. The molecule has 1 aliphatic heterocycles. The molecule has 0 bridgehead atoms. The van der Waals surface area contributed by atoms with E-state index >= 15 is 0 Å². The summed E-state index contributed by atoms with van der Waals surface area (Å²) in [6, 6.07) is 0. The molecule has 0 aromatic carbocycles. The zero-order chi connectivity index (χ0) is 14.3. The van der Waals surface area contributed by atoms with Gasteiger partial charge < -0.3 is 9.47 Å². The first-order chi connectivity index (χ1) is 8.90. The highest BCUT2D eigenvalue weighted by Crippen LogP contribution is 2.13. The highest BCUT2D eigenvalue weighted by molar-refractivity contribution is 7.90. The Kier molecular flexibility index (Phi) is 6.74. The monoisotopic (exact) mass is 293 g/mol. The zero-order valence-electron chi connectivity index (χ0n) is 11.6. The quantitative estimate of drug-likeness (QED) is 0.590. The van der Waals surface area contributed by atoms with E-state index in [0.717, 1.165) is 19.4 Å². The van der Waals surface area contributed by atoms with Crippen molar-refractivity contribution in [2.45, 2.75) is 25.4 Å². The molecular formula is C12H23NO5S. The van der Waals surface area contributed by atoms with Gasteiger partial charge in [0.2, 0.25) is 0 Å². The summed E-state index contributed by atoms with van der Waals surface area (Å²) in [4.78, 5) is 13.1. The van der Waals surface area contributed by atoms with E-state index in [1.807, 2.05) is 4.90 Å². The molecule has 0 aromatic rings. The molecule has 1 heterocycles. The van der Waals surface area contributed by atoms with Gasteiger partial charge in [-0.1, -0.05) is 0 Å². The summed E-state index contributed by atoms with van der Waals surface area (Å²) in [5, 5.41) is 0. The fourth-order valence-electron chi connectivity index (χ4n) is 2.02. The summed E-state index contributed by atoms with van der Waals surface area (Å²) in [5.74, 6) is -0.183. The molecule has 1 unspecified atom stereocenters. The molecule has 7 heteroatoms. The molecule has 1 fully saturated rings. The standard InChI is InChI=1S/C12H23NO5S/c1-17-12(14)5-6-13(7-9-19(2,15)16)10-11-4-3-8-18-11/h11H,3-10H2,1-2H3. The highest BCUT2D eigenvalue weighted by atomic mass is 32.2.